The van der Waals surface area contributed by atoms with Gasteiger partial charge in [0.1, 0.15) is 5.84 Å². The predicted octanol–water partition coefficient (Wildman–Crippen LogP) is 1.94. The average molecular weight is 182 g/mol. The van der Waals surface area contributed by atoms with Gasteiger partial charge >= 0.3 is 0 Å². The van der Waals surface area contributed by atoms with Gasteiger partial charge in [0.05, 0.1) is 6.61 Å². The zero-order chi connectivity index (χ0) is 10.3. The molecule has 0 rings (SSSR count). The molecule has 0 N–H and O–H groups in total. The Morgan fingerprint density at radius 1 is 1.54 bits per heavy atom. The minimum absolute atomic E-state index is 0.344. The summed E-state index contributed by atoms with van der Waals surface area (Å²) in [5.74, 6) is 1.17. The van der Waals surface area contributed by atoms with Gasteiger partial charge in [-0.25, -0.2) is 4.99 Å². The molecule has 0 spiro atoms. The molecule has 0 heterocycles. The van der Waals surface area contributed by atoms with Crippen molar-refractivity contribution < 1.29 is 4.74 Å². The van der Waals surface area contributed by atoms with Crippen LogP contribution in [0.1, 0.15) is 13.8 Å². The number of ether oxygens (including phenoxy) is 1. The molecular formula is C10H18N2O. The van der Waals surface area contributed by atoms with Crippen molar-refractivity contribution in [2.24, 2.45) is 15.9 Å². The fourth-order valence-electron chi connectivity index (χ4n) is 0.845. The number of nitrogens with zero attached hydrogens (tertiary/aromatic N) is 2. The molecule has 0 radical (unpaired) electrons. The van der Waals surface area contributed by atoms with Crippen LogP contribution in [-0.2, 0) is 4.74 Å². The first kappa shape index (κ1) is 12.0. The van der Waals surface area contributed by atoms with Crippen molar-refractivity contribution in [2.75, 3.05) is 20.8 Å². The maximum Gasteiger partial charge on any atom is 0.125 e. The molecule has 0 aromatic carbocycles. The van der Waals surface area contributed by atoms with Gasteiger partial charge in [-0.05, 0) is 5.57 Å². The molecule has 0 aliphatic heterocycles. The Balaban J connectivity index is 4.16. The highest BCUT2D eigenvalue weighted by atomic mass is 16.5. The Kier molecular flexibility index (Phi) is 6.06. The van der Waals surface area contributed by atoms with Crippen LogP contribution in [0.2, 0.25) is 0 Å². The van der Waals surface area contributed by atoms with E-state index in [1.807, 2.05) is 0 Å². The van der Waals surface area contributed by atoms with Gasteiger partial charge in [-0.3, -0.25) is 4.99 Å². The van der Waals surface area contributed by atoms with E-state index in [9.17, 15) is 0 Å². The van der Waals surface area contributed by atoms with Gasteiger partial charge in [-0.1, -0.05) is 20.4 Å². The van der Waals surface area contributed by atoms with Crippen LogP contribution in [0.3, 0.4) is 0 Å². The van der Waals surface area contributed by atoms with Gasteiger partial charge < -0.3 is 4.74 Å². The molecule has 13 heavy (non-hydrogen) atoms. The van der Waals surface area contributed by atoms with E-state index in [0.29, 0.717) is 12.5 Å². The number of aliphatic imine (C=N–C) groups is 2. The Bertz CT molecular complexity index is 217. The van der Waals surface area contributed by atoms with Crippen LogP contribution in [0.15, 0.2) is 22.1 Å². The highest BCUT2D eigenvalue weighted by Gasteiger charge is 2.00. The molecule has 0 unspecified atom stereocenters. The molecular weight excluding hydrogens is 164 g/mol. The second kappa shape index (κ2) is 6.54. The van der Waals surface area contributed by atoms with Crippen LogP contribution in [0.25, 0.3) is 0 Å². The molecule has 0 bridgehead atoms. The first-order valence-electron chi connectivity index (χ1n) is 4.29. The molecule has 74 valence electrons. The highest BCUT2D eigenvalue weighted by molar-refractivity contribution is 5.95. The summed E-state index contributed by atoms with van der Waals surface area (Å²) in [7, 11) is 3.38. The fraction of sp³-hybridized carbons (Fsp3) is 0.600. The van der Waals surface area contributed by atoms with E-state index < -0.39 is 0 Å². The molecule has 0 amide bonds. The lowest BCUT2D eigenvalue weighted by Gasteiger charge is -2.02. The van der Waals surface area contributed by atoms with Crippen molar-refractivity contribution in [3.05, 3.63) is 12.2 Å². The maximum absolute atomic E-state index is 4.90. The molecule has 0 aromatic rings. The van der Waals surface area contributed by atoms with Crippen LogP contribution < -0.4 is 0 Å². The standard InChI is InChI=1S/C10H18N2O/c1-8(2)10(11-4)12-6-9(3)7-13-5/h6,8H,3,7H2,1-2,4-5H3. The van der Waals surface area contributed by atoms with E-state index >= 15 is 0 Å². The van der Waals surface area contributed by atoms with Gasteiger partial charge in [0, 0.05) is 26.3 Å². The number of hydrogen-bond acceptors (Lipinski definition) is 2. The topological polar surface area (TPSA) is 34.0 Å². The van der Waals surface area contributed by atoms with Crippen LogP contribution in [0.4, 0.5) is 0 Å². The minimum atomic E-state index is 0.344. The SMILES string of the molecule is C=C(C=NC(=NC)C(C)C)COC. The van der Waals surface area contributed by atoms with E-state index in [1.165, 1.54) is 0 Å². The Hall–Kier alpha value is -0.960. The zero-order valence-electron chi connectivity index (χ0n) is 8.87. The van der Waals surface area contributed by atoms with Gasteiger partial charge in [-0.2, -0.15) is 0 Å². The molecule has 3 nitrogen and oxygen atoms in total. The van der Waals surface area contributed by atoms with Crippen molar-refractivity contribution in [3.63, 3.8) is 0 Å². The van der Waals surface area contributed by atoms with Crippen molar-refractivity contribution in [1.82, 2.24) is 0 Å². The third kappa shape index (κ3) is 5.31. The smallest absolute Gasteiger partial charge is 0.125 e. The number of hydrogen-bond donors (Lipinski definition) is 0. The van der Waals surface area contributed by atoms with Crippen LogP contribution in [0.5, 0.6) is 0 Å². The summed E-state index contributed by atoms with van der Waals surface area (Å²) in [6, 6.07) is 0. The molecule has 0 fully saturated rings. The zero-order valence-corrected chi connectivity index (χ0v) is 8.87. The largest absolute Gasteiger partial charge is 0.380 e. The Morgan fingerprint density at radius 2 is 2.15 bits per heavy atom. The summed E-state index contributed by atoms with van der Waals surface area (Å²) in [6.07, 6.45) is 1.70. The fourth-order valence-corrected chi connectivity index (χ4v) is 0.845. The van der Waals surface area contributed by atoms with Crippen molar-refractivity contribution >= 4 is 12.1 Å². The number of amidine groups is 1. The van der Waals surface area contributed by atoms with Crippen molar-refractivity contribution in [3.8, 4) is 0 Å². The van der Waals surface area contributed by atoms with Gasteiger partial charge in [0.15, 0.2) is 0 Å². The maximum atomic E-state index is 4.90. The molecule has 0 aromatic heterocycles. The first-order valence-corrected chi connectivity index (χ1v) is 4.29. The van der Waals surface area contributed by atoms with E-state index in [-0.39, 0.29) is 0 Å². The second-order valence-corrected chi connectivity index (χ2v) is 3.09. The van der Waals surface area contributed by atoms with Gasteiger partial charge in [0.25, 0.3) is 0 Å². The normalized spacial score (nSPS) is 12.8. The van der Waals surface area contributed by atoms with E-state index in [4.69, 9.17) is 4.74 Å². The van der Waals surface area contributed by atoms with Crippen LogP contribution >= 0.6 is 0 Å². The highest BCUT2D eigenvalue weighted by Crippen LogP contribution is 1.98. The third-order valence-electron chi connectivity index (χ3n) is 1.45. The summed E-state index contributed by atoms with van der Waals surface area (Å²) < 4.78 is 4.90. The van der Waals surface area contributed by atoms with Crippen molar-refractivity contribution in [1.29, 1.82) is 0 Å². The third-order valence-corrected chi connectivity index (χ3v) is 1.45. The molecule has 0 aliphatic carbocycles. The monoisotopic (exact) mass is 182 g/mol. The average Bonchev–Trinajstić information content (AvgIpc) is 2.05. The van der Waals surface area contributed by atoms with E-state index in [2.05, 4.69) is 30.4 Å². The molecule has 0 aliphatic rings. The lowest BCUT2D eigenvalue weighted by molar-refractivity contribution is 0.230. The number of methoxy groups -OCH3 is 1. The molecule has 3 heteroatoms. The summed E-state index contributed by atoms with van der Waals surface area (Å²) in [5.41, 5.74) is 0.851. The molecule has 0 saturated carbocycles. The number of rotatable bonds is 4. The van der Waals surface area contributed by atoms with Gasteiger partial charge in [0.2, 0.25) is 0 Å². The summed E-state index contributed by atoms with van der Waals surface area (Å²) >= 11 is 0. The lowest BCUT2D eigenvalue weighted by Crippen LogP contribution is -2.05. The van der Waals surface area contributed by atoms with Gasteiger partial charge in [-0.15, -0.1) is 0 Å². The van der Waals surface area contributed by atoms with E-state index in [1.54, 1.807) is 20.4 Å². The summed E-state index contributed by atoms with van der Waals surface area (Å²) in [4.78, 5) is 8.26. The second-order valence-electron chi connectivity index (χ2n) is 3.09. The minimum Gasteiger partial charge on any atom is -0.380 e. The van der Waals surface area contributed by atoms with Crippen LogP contribution in [0, 0.1) is 5.92 Å². The summed E-state index contributed by atoms with van der Waals surface area (Å²) in [6.45, 7) is 8.40. The van der Waals surface area contributed by atoms with Crippen molar-refractivity contribution in [2.45, 2.75) is 13.8 Å². The van der Waals surface area contributed by atoms with Crippen LogP contribution in [-0.4, -0.2) is 32.8 Å². The summed E-state index contributed by atoms with van der Waals surface area (Å²) in [5, 5.41) is 0. The molecule has 0 saturated heterocycles. The molecule has 0 atom stereocenters. The van der Waals surface area contributed by atoms with E-state index in [0.717, 1.165) is 11.4 Å². The Morgan fingerprint density at radius 3 is 2.54 bits per heavy atom. The predicted molar refractivity (Wildman–Crippen MR) is 57.7 cm³/mol. The Labute approximate surface area is 80.2 Å². The lowest BCUT2D eigenvalue weighted by atomic mass is 10.2. The quantitative estimate of drug-likeness (QED) is 0.483. The first-order chi connectivity index (χ1) is 6.11.